The number of morpholine rings is 1. The standard InChI is InChI=1S/C45H55N2O7PSi/c1-33(54-56(5,6)45(2,3)4)41-39(32-40(48)34-22-24-35(25-23-34)53-31-28-46-26-29-52-30-27-46)47(42(41)49)43(44(50)51)55(36-16-10-7-11-17-36,37-18-12-8-13-19-37)38-20-14-9-15-21-38/h7-25,33,39,41H,26-32H2,1-6H3,(H,50,51)/t33-,39-,41-/m1/s1. The number of ether oxygens (including phenoxy) is 2. The molecule has 0 spiro atoms. The Labute approximate surface area is 332 Å². The molecule has 11 heteroatoms. The molecule has 296 valence electrons. The Morgan fingerprint density at radius 3 is 1.80 bits per heavy atom. The minimum atomic E-state index is -3.23. The molecule has 0 aliphatic carbocycles. The van der Waals surface area contributed by atoms with Crippen molar-refractivity contribution in [3.05, 3.63) is 121 Å². The lowest BCUT2D eigenvalue weighted by Crippen LogP contribution is -2.69. The number of ketones is 1. The summed E-state index contributed by atoms with van der Waals surface area (Å²) in [4.78, 5) is 47.0. The lowest BCUT2D eigenvalue weighted by Gasteiger charge is -2.52. The van der Waals surface area contributed by atoms with E-state index in [0.29, 0.717) is 17.9 Å². The van der Waals surface area contributed by atoms with Gasteiger partial charge in [0.25, 0.3) is 0 Å². The van der Waals surface area contributed by atoms with Crippen LogP contribution in [0.4, 0.5) is 0 Å². The molecular formula is C45H55N2O7PSi. The van der Waals surface area contributed by atoms with Crippen LogP contribution >= 0.6 is 6.89 Å². The fourth-order valence-electron chi connectivity index (χ4n) is 7.61. The van der Waals surface area contributed by atoms with Crippen molar-refractivity contribution in [1.29, 1.82) is 0 Å². The van der Waals surface area contributed by atoms with Crippen LogP contribution in [0.5, 0.6) is 5.75 Å². The van der Waals surface area contributed by atoms with Gasteiger partial charge in [0.05, 0.1) is 31.3 Å². The van der Waals surface area contributed by atoms with Crippen LogP contribution in [0.2, 0.25) is 18.1 Å². The van der Waals surface area contributed by atoms with Crippen LogP contribution in [-0.2, 0) is 18.8 Å². The van der Waals surface area contributed by atoms with E-state index in [1.54, 1.807) is 24.3 Å². The quantitative estimate of drug-likeness (QED) is 0.0637. The first kappa shape index (κ1) is 41.3. The Hall–Kier alpha value is -4.31. The number of likely N-dealkylation sites (tertiary alicyclic amines) is 1. The second-order valence-corrected chi connectivity index (χ2v) is 24.2. The third-order valence-electron chi connectivity index (χ3n) is 11.6. The highest BCUT2D eigenvalue weighted by Crippen LogP contribution is 2.50. The molecule has 3 atom stereocenters. The molecule has 0 aromatic heterocycles. The van der Waals surface area contributed by atoms with Gasteiger partial charge in [0.1, 0.15) is 17.8 Å². The van der Waals surface area contributed by atoms with Crippen molar-refractivity contribution in [2.24, 2.45) is 5.92 Å². The van der Waals surface area contributed by atoms with Gasteiger partial charge < -0.3 is 23.9 Å². The summed E-state index contributed by atoms with van der Waals surface area (Å²) in [6.07, 6.45) is -0.624. The summed E-state index contributed by atoms with van der Waals surface area (Å²) in [5, 5.41) is 13.7. The molecule has 2 saturated heterocycles. The summed E-state index contributed by atoms with van der Waals surface area (Å²) in [6, 6.07) is 35.2. The summed E-state index contributed by atoms with van der Waals surface area (Å²) in [5.74, 6) is -1.80. The number of amides is 1. The van der Waals surface area contributed by atoms with Crippen LogP contribution in [0.15, 0.2) is 115 Å². The third-order valence-corrected chi connectivity index (χ3v) is 20.4. The summed E-state index contributed by atoms with van der Waals surface area (Å²) in [6.45, 7) is 13.9. The Bertz CT molecular complexity index is 1930. The number of nitrogens with zero attached hydrogens (tertiary/aromatic N) is 2. The maximum absolute atomic E-state index is 14.9. The van der Waals surface area contributed by atoms with Gasteiger partial charge in [-0.1, -0.05) is 112 Å². The number of hydrogen-bond acceptors (Lipinski definition) is 7. The minimum absolute atomic E-state index is 0.0105. The van der Waals surface area contributed by atoms with Gasteiger partial charge in [0.15, 0.2) is 14.1 Å². The smallest absolute Gasteiger partial charge is 0.353 e. The fraction of sp³-hybridized carbons (Fsp3) is 0.378. The zero-order valence-corrected chi connectivity index (χ0v) is 35.3. The lowest BCUT2D eigenvalue weighted by molar-refractivity contribution is -0.155. The fourth-order valence-corrected chi connectivity index (χ4v) is 13.4. The van der Waals surface area contributed by atoms with Crippen molar-refractivity contribution in [1.82, 2.24) is 9.80 Å². The lowest BCUT2D eigenvalue weighted by atomic mass is 9.79. The normalized spacial score (nSPS) is 18.5. The minimum Gasteiger partial charge on any atom is -0.492 e. The molecule has 4 aromatic carbocycles. The SMILES string of the molecule is C[C@@H](O[Si](C)(C)C(C)(C)C)[C@H]1C(=O)N(C(C(=O)O)=P(c2ccccc2)(c2ccccc2)c2ccccc2)[C@@H]1CC(=O)c1ccc(OCCN2CCOCC2)cc1. The Kier molecular flexibility index (Phi) is 12.9. The number of β-lactam (4-membered cyclic amide) rings is 1. The largest absolute Gasteiger partial charge is 0.492 e. The number of aliphatic carboxylic acids is 1. The first-order valence-electron chi connectivity index (χ1n) is 19.5. The van der Waals surface area contributed by atoms with Gasteiger partial charge in [-0.2, -0.15) is 0 Å². The van der Waals surface area contributed by atoms with E-state index in [0.717, 1.165) is 48.8 Å². The Morgan fingerprint density at radius 1 is 0.839 bits per heavy atom. The van der Waals surface area contributed by atoms with E-state index in [4.69, 9.17) is 13.9 Å². The van der Waals surface area contributed by atoms with E-state index >= 15 is 0 Å². The highest BCUT2D eigenvalue weighted by molar-refractivity contribution is 7.96. The van der Waals surface area contributed by atoms with E-state index < -0.39 is 39.2 Å². The zero-order valence-electron chi connectivity index (χ0n) is 33.4. The van der Waals surface area contributed by atoms with Crippen LogP contribution in [-0.4, -0.2) is 97.9 Å². The van der Waals surface area contributed by atoms with Crippen molar-refractivity contribution >= 4 is 54.2 Å². The van der Waals surface area contributed by atoms with Gasteiger partial charge >= 0.3 is 5.97 Å². The van der Waals surface area contributed by atoms with E-state index in [-0.39, 0.29) is 28.6 Å². The van der Waals surface area contributed by atoms with E-state index in [2.05, 4.69) is 38.8 Å². The van der Waals surface area contributed by atoms with Gasteiger partial charge in [-0.3, -0.25) is 14.5 Å². The molecule has 2 aliphatic rings. The number of carboxylic acids is 1. The van der Waals surface area contributed by atoms with Crippen LogP contribution in [0, 0.1) is 5.92 Å². The summed E-state index contributed by atoms with van der Waals surface area (Å²) < 4.78 is 18.3. The van der Waals surface area contributed by atoms with Crippen LogP contribution < -0.4 is 20.7 Å². The average Bonchev–Trinajstić information content (AvgIpc) is 3.19. The predicted molar refractivity (Wildman–Crippen MR) is 228 cm³/mol. The van der Waals surface area contributed by atoms with Crippen molar-refractivity contribution in [2.75, 3.05) is 39.5 Å². The summed E-state index contributed by atoms with van der Waals surface area (Å²) in [7, 11) is -2.37. The van der Waals surface area contributed by atoms with Crippen LogP contribution in [0.3, 0.4) is 0 Å². The third kappa shape index (κ3) is 8.50. The summed E-state index contributed by atoms with van der Waals surface area (Å²) >= 11 is 0. The average molecular weight is 795 g/mol. The van der Waals surface area contributed by atoms with Crippen LogP contribution in [0.1, 0.15) is 44.5 Å². The van der Waals surface area contributed by atoms with E-state index in [1.165, 1.54) is 4.90 Å². The molecule has 9 nitrogen and oxygen atoms in total. The maximum Gasteiger partial charge on any atom is 0.353 e. The van der Waals surface area contributed by atoms with Gasteiger partial charge in [-0.25, -0.2) is 4.79 Å². The topological polar surface area (TPSA) is 106 Å². The molecule has 1 amide bonds. The molecule has 0 bridgehead atoms. The number of Topliss-reactive ketones (excluding diaryl/α,β-unsaturated/α-hetero) is 1. The monoisotopic (exact) mass is 794 g/mol. The van der Waals surface area contributed by atoms with E-state index in [1.807, 2.05) is 97.9 Å². The number of rotatable bonds is 15. The number of carboxylic acid groups (broad SMARTS) is 1. The number of benzene rings is 4. The molecule has 0 radical (unpaired) electrons. The molecule has 6 rings (SSSR count). The second-order valence-electron chi connectivity index (χ2n) is 16.1. The number of hydrogen-bond donors (Lipinski definition) is 1. The molecule has 2 fully saturated rings. The first-order chi connectivity index (χ1) is 26.8. The Morgan fingerprint density at radius 2 is 1.34 bits per heavy atom. The Balaban J connectivity index is 1.44. The van der Waals surface area contributed by atoms with Crippen molar-refractivity contribution in [2.45, 2.75) is 64.4 Å². The maximum atomic E-state index is 14.9. The van der Waals surface area contributed by atoms with Gasteiger partial charge in [0.2, 0.25) is 5.91 Å². The predicted octanol–water partition coefficient (Wildman–Crippen LogP) is 6.42. The van der Waals surface area contributed by atoms with Gasteiger partial charge in [-0.05, 0) is 65.2 Å². The van der Waals surface area contributed by atoms with Crippen LogP contribution in [0.25, 0.3) is 0 Å². The van der Waals surface area contributed by atoms with Crippen molar-refractivity contribution < 1.29 is 33.4 Å². The second kappa shape index (κ2) is 17.4. The highest BCUT2D eigenvalue weighted by Gasteiger charge is 2.57. The zero-order chi connectivity index (χ0) is 40.1. The summed E-state index contributed by atoms with van der Waals surface area (Å²) in [5.41, 5.74) is 0.456. The molecular weight excluding hydrogens is 740 g/mol. The van der Waals surface area contributed by atoms with Crippen molar-refractivity contribution in [3.8, 4) is 5.75 Å². The molecule has 1 N–H and O–H groups in total. The molecule has 2 heterocycles. The highest BCUT2D eigenvalue weighted by atomic mass is 31.2. The molecule has 0 unspecified atom stereocenters. The number of carbonyl (C=O) groups is 3. The van der Waals surface area contributed by atoms with E-state index in [9.17, 15) is 19.5 Å². The molecule has 56 heavy (non-hydrogen) atoms. The molecule has 2 aliphatic heterocycles. The number of carbonyl (C=O) groups excluding carboxylic acids is 2. The van der Waals surface area contributed by atoms with Gasteiger partial charge in [-0.15, -0.1) is 0 Å². The molecule has 0 saturated carbocycles. The van der Waals surface area contributed by atoms with Gasteiger partial charge in [0, 0.05) is 38.5 Å². The molecule has 4 aromatic rings. The first-order valence-corrected chi connectivity index (χ1v) is 24.2. The van der Waals surface area contributed by atoms with Crippen molar-refractivity contribution in [3.63, 3.8) is 0 Å².